The summed E-state index contributed by atoms with van der Waals surface area (Å²) in [5, 5.41) is 6.26. The van der Waals surface area contributed by atoms with Gasteiger partial charge >= 0.3 is 11.9 Å². The second-order valence-corrected chi connectivity index (χ2v) is 1.12. The lowest BCUT2D eigenvalue weighted by atomic mass is 10.8. The zero-order valence-corrected chi connectivity index (χ0v) is 4.71. The molecule has 0 aliphatic heterocycles. The Kier molecular flexibility index (Phi) is 3.04. The maximum absolute atomic E-state index is 9.97. The molecule has 0 heterocycles. The maximum Gasteiger partial charge on any atom is 0.396 e. The van der Waals surface area contributed by atoms with Gasteiger partial charge in [0.1, 0.15) is 6.21 Å². The first-order chi connectivity index (χ1) is 4.16. The number of hydrogen-bond donors (Lipinski definition) is 1. The van der Waals surface area contributed by atoms with E-state index in [1.54, 1.807) is 0 Å². The molecule has 5 nitrogen and oxygen atoms in total. The molecule has 0 aromatic carbocycles. The Hall–Kier alpha value is -1.39. The van der Waals surface area contributed by atoms with Crippen LogP contribution >= 0.6 is 0 Å². The van der Waals surface area contributed by atoms with Crippen LogP contribution in [0, 0.1) is 5.41 Å². The van der Waals surface area contributed by atoms with E-state index in [2.05, 4.69) is 9.78 Å². The first-order valence-electron chi connectivity index (χ1n) is 2.06. The molecular formula is C4H5NO4. The fourth-order valence-electron chi connectivity index (χ4n) is 0.124. The highest BCUT2D eigenvalue weighted by Crippen LogP contribution is 1.77. The monoisotopic (exact) mass is 131 g/mol. The lowest BCUT2D eigenvalue weighted by molar-refractivity contribution is -0.250. The lowest BCUT2D eigenvalue weighted by Crippen LogP contribution is -2.08. The second kappa shape index (κ2) is 3.59. The molecule has 0 fully saturated rings. The van der Waals surface area contributed by atoms with Crippen molar-refractivity contribution < 1.29 is 19.4 Å². The van der Waals surface area contributed by atoms with Gasteiger partial charge in [0.25, 0.3) is 0 Å². The summed E-state index contributed by atoms with van der Waals surface area (Å²) in [5.41, 5.74) is 0. The molecule has 0 saturated carbocycles. The van der Waals surface area contributed by atoms with Gasteiger partial charge in [-0.3, -0.25) is 0 Å². The summed E-state index contributed by atoms with van der Waals surface area (Å²) in [7, 11) is 0. The lowest BCUT2D eigenvalue weighted by Gasteiger charge is -1.93. The fraction of sp³-hybridized carbons (Fsp3) is 0.250. The Morgan fingerprint density at radius 3 is 2.33 bits per heavy atom. The Balaban J connectivity index is 3.39. The predicted molar refractivity (Wildman–Crippen MR) is 26.6 cm³/mol. The zero-order valence-electron chi connectivity index (χ0n) is 4.71. The summed E-state index contributed by atoms with van der Waals surface area (Å²) in [6.45, 7) is 1.08. The molecule has 50 valence electrons. The van der Waals surface area contributed by atoms with E-state index in [0.29, 0.717) is 6.21 Å². The molecule has 0 atom stereocenters. The molecule has 0 unspecified atom stereocenters. The molecule has 0 aromatic heterocycles. The van der Waals surface area contributed by atoms with Crippen molar-refractivity contribution in [2.75, 3.05) is 0 Å². The minimum absolute atomic E-state index is 0.392. The Morgan fingerprint density at radius 1 is 1.44 bits per heavy atom. The quantitative estimate of drug-likeness (QED) is 0.300. The van der Waals surface area contributed by atoms with Crippen molar-refractivity contribution in [2.24, 2.45) is 0 Å². The van der Waals surface area contributed by atoms with E-state index in [0.717, 1.165) is 6.92 Å². The summed E-state index contributed by atoms with van der Waals surface area (Å²) in [6.07, 6.45) is 0.392. The molecule has 0 aliphatic carbocycles. The van der Waals surface area contributed by atoms with Crippen molar-refractivity contribution in [1.29, 1.82) is 5.41 Å². The molecule has 0 aliphatic rings. The van der Waals surface area contributed by atoms with E-state index in [-0.39, 0.29) is 0 Å². The van der Waals surface area contributed by atoms with Crippen LogP contribution in [-0.2, 0) is 19.4 Å². The standard InChI is InChI=1S/C4H5NO4/c1-3(6)8-9-4(7)2-5/h2,5H,1H3. The van der Waals surface area contributed by atoms with Crippen molar-refractivity contribution in [3.63, 3.8) is 0 Å². The summed E-state index contributed by atoms with van der Waals surface area (Å²) in [4.78, 5) is 27.3. The van der Waals surface area contributed by atoms with E-state index < -0.39 is 11.9 Å². The zero-order chi connectivity index (χ0) is 7.28. The van der Waals surface area contributed by atoms with Crippen molar-refractivity contribution in [3.05, 3.63) is 0 Å². The third kappa shape index (κ3) is 4.46. The minimum atomic E-state index is -1.01. The SMILES string of the molecule is CC(=O)OOC(=O)C=N. The maximum atomic E-state index is 9.97. The first kappa shape index (κ1) is 7.61. The van der Waals surface area contributed by atoms with Crippen LogP contribution in [0.3, 0.4) is 0 Å². The molecular weight excluding hydrogens is 126 g/mol. The number of carbonyl (C=O) groups excluding carboxylic acids is 2. The number of nitrogens with one attached hydrogen (secondary N) is 1. The predicted octanol–water partition coefficient (Wildman–Crippen LogP) is -0.343. The summed E-state index contributed by atoms with van der Waals surface area (Å²) >= 11 is 0. The molecule has 1 N–H and O–H groups in total. The van der Waals surface area contributed by atoms with Crippen LogP contribution in [0.15, 0.2) is 0 Å². The van der Waals surface area contributed by atoms with Gasteiger partial charge in [0.05, 0.1) is 0 Å². The van der Waals surface area contributed by atoms with E-state index >= 15 is 0 Å². The fourth-order valence-corrected chi connectivity index (χ4v) is 0.124. The molecule has 9 heavy (non-hydrogen) atoms. The normalized spacial score (nSPS) is 7.67. The summed E-state index contributed by atoms with van der Waals surface area (Å²) < 4.78 is 0. The largest absolute Gasteiger partial charge is 0.396 e. The van der Waals surface area contributed by atoms with Crippen molar-refractivity contribution in [2.45, 2.75) is 6.92 Å². The highest BCUT2D eigenvalue weighted by atomic mass is 17.2. The van der Waals surface area contributed by atoms with Crippen LogP contribution in [0.25, 0.3) is 0 Å². The van der Waals surface area contributed by atoms with Crippen molar-refractivity contribution in [1.82, 2.24) is 0 Å². The molecule has 5 heteroatoms. The van der Waals surface area contributed by atoms with E-state index in [4.69, 9.17) is 5.41 Å². The molecule has 0 amide bonds. The van der Waals surface area contributed by atoms with Crippen LogP contribution in [0.4, 0.5) is 0 Å². The molecule has 0 spiro atoms. The second-order valence-electron chi connectivity index (χ2n) is 1.12. The Labute approximate surface area is 51.0 Å². The van der Waals surface area contributed by atoms with Gasteiger partial charge in [-0.25, -0.2) is 19.4 Å². The summed E-state index contributed by atoms with van der Waals surface area (Å²) in [6, 6.07) is 0. The van der Waals surface area contributed by atoms with Crippen LogP contribution in [0.2, 0.25) is 0 Å². The molecule has 0 saturated heterocycles. The van der Waals surface area contributed by atoms with Gasteiger partial charge in [-0.2, -0.15) is 0 Å². The highest BCUT2D eigenvalue weighted by molar-refractivity contribution is 6.21. The van der Waals surface area contributed by atoms with Gasteiger partial charge < -0.3 is 5.41 Å². The number of rotatable bonds is 1. The van der Waals surface area contributed by atoms with Crippen LogP contribution < -0.4 is 0 Å². The summed E-state index contributed by atoms with van der Waals surface area (Å²) in [5.74, 6) is -1.74. The minimum Gasteiger partial charge on any atom is -0.301 e. The Morgan fingerprint density at radius 2 is 2.00 bits per heavy atom. The molecule has 0 bridgehead atoms. The molecule has 0 rings (SSSR count). The third-order valence-electron chi connectivity index (χ3n) is 0.359. The van der Waals surface area contributed by atoms with Crippen molar-refractivity contribution >= 4 is 18.2 Å². The van der Waals surface area contributed by atoms with Gasteiger partial charge in [0.2, 0.25) is 0 Å². The molecule has 0 aromatic rings. The topological polar surface area (TPSA) is 76.5 Å². The van der Waals surface area contributed by atoms with Crippen LogP contribution in [0.5, 0.6) is 0 Å². The van der Waals surface area contributed by atoms with Gasteiger partial charge in [-0.15, -0.1) is 0 Å². The average Bonchev–Trinajstić information content (AvgIpc) is 1.83. The van der Waals surface area contributed by atoms with E-state index in [1.807, 2.05) is 0 Å². The molecule has 0 radical (unpaired) electrons. The highest BCUT2D eigenvalue weighted by Gasteiger charge is 1.99. The van der Waals surface area contributed by atoms with Gasteiger partial charge in [-0.05, 0) is 0 Å². The number of hydrogen-bond acceptors (Lipinski definition) is 5. The first-order valence-corrected chi connectivity index (χ1v) is 2.06. The average molecular weight is 131 g/mol. The number of carbonyl (C=O) groups is 2. The van der Waals surface area contributed by atoms with Crippen molar-refractivity contribution in [3.8, 4) is 0 Å². The van der Waals surface area contributed by atoms with Gasteiger partial charge in [0.15, 0.2) is 0 Å². The smallest absolute Gasteiger partial charge is 0.301 e. The van der Waals surface area contributed by atoms with Gasteiger partial charge in [0, 0.05) is 6.92 Å². The van der Waals surface area contributed by atoms with E-state index in [9.17, 15) is 9.59 Å². The third-order valence-corrected chi connectivity index (χ3v) is 0.359. The Bertz CT molecular complexity index is 142. The van der Waals surface area contributed by atoms with Gasteiger partial charge in [-0.1, -0.05) is 0 Å². The van der Waals surface area contributed by atoms with Crippen LogP contribution in [-0.4, -0.2) is 18.2 Å². The van der Waals surface area contributed by atoms with Crippen LogP contribution in [0.1, 0.15) is 6.92 Å². The van der Waals surface area contributed by atoms with E-state index in [1.165, 1.54) is 0 Å².